The van der Waals surface area contributed by atoms with Gasteiger partial charge in [0.2, 0.25) is 5.91 Å². The molecule has 0 saturated carbocycles. The molecule has 3 rings (SSSR count). The van der Waals surface area contributed by atoms with Gasteiger partial charge in [-0.05, 0) is 45.7 Å². The summed E-state index contributed by atoms with van der Waals surface area (Å²) < 4.78 is 7.86. The Morgan fingerprint density at radius 1 is 1.22 bits per heavy atom. The molecule has 3 heterocycles. The van der Waals surface area contributed by atoms with Crippen molar-refractivity contribution in [3.8, 4) is 0 Å². The Labute approximate surface area is 138 Å². The highest BCUT2D eigenvalue weighted by atomic mass is 16.5. The molecular formula is C17H28N4O2. The summed E-state index contributed by atoms with van der Waals surface area (Å²) in [6.45, 7) is 9.15. The molecule has 0 aromatic carbocycles. The molecule has 0 N–H and O–H groups in total. The molecule has 128 valence electrons. The van der Waals surface area contributed by atoms with E-state index in [2.05, 4.69) is 14.5 Å². The lowest BCUT2D eigenvalue weighted by atomic mass is 9.96. The van der Waals surface area contributed by atoms with Gasteiger partial charge in [0.15, 0.2) is 0 Å². The van der Waals surface area contributed by atoms with Crippen LogP contribution in [0.5, 0.6) is 0 Å². The fraction of sp³-hybridized carbons (Fsp3) is 0.765. The van der Waals surface area contributed by atoms with Crippen molar-refractivity contribution in [2.75, 3.05) is 32.7 Å². The SMILES string of the molecule is CC1CN(C(=O)CN2CCC(Cn3ccnc3)CC2)CC(C)O1. The van der Waals surface area contributed by atoms with Gasteiger partial charge in [-0.2, -0.15) is 0 Å². The van der Waals surface area contributed by atoms with Crippen LogP contribution >= 0.6 is 0 Å². The minimum Gasteiger partial charge on any atom is -0.372 e. The van der Waals surface area contributed by atoms with E-state index in [-0.39, 0.29) is 18.1 Å². The molecule has 2 aliphatic heterocycles. The fourth-order valence-corrected chi connectivity index (χ4v) is 3.69. The lowest BCUT2D eigenvalue weighted by Gasteiger charge is -2.37. The number of piperidine rings is 1. The van der Waals surface area contributed by atoms with Gasteiger partial charge in [-0.1, -0.05) is 0 Å². The summed E-state index contributed by atoms with van der Waals surface area (Å²) in [6, 6.07) is 0. The third-order valence-electron chi connectivity index (χ3n) is 4.87. The van der Waals surface area contributed by atoms with Crippen molar-refractivity contribution in [2.24, 2.45) is 5.92 Å². The minimum atomic E-state index is 0.142. The molecule has 0 spiro atoms. The Morgan fingerprint density at radius 2 is 1.91 bits per heavy atom. The predicted octanol–water partition coefficient (Wildman–Crippen LogP) is 1.23. The highest BCUT2D eigenvalue weighted by molar-refractivity contribution is 5.78. The maximum Gasteiger partial charge on any atom is 0.236 e. The number of imidazole rings is 1. The van der Waals surface area contributed by atoms with Gasteiger partial charge in [0.25, 0.3) is 0 Å². The largest absolute Gasteiger partial charge is 0.372 e. The highest BCUT2D eigenvalue weighted by Gasteiger charge is 2.28. The molecule has 23 heavy (non-hydrogen) atoms. The van der Waals surface area contributed by atoms with Crippen LogP contribution in [-0.2, 0) is 16.1 Å². The first-order valence-electron chi connectivity index (χ1n) is 8.71. The van der Waals surface area contributed by atoms with Crippen molar-refractivity contribution in [3.63, 3.8) is 0 Å². The molecule has 1 aromatic heterocycles. The summed E-state index contributed by atoms with van der Waals surface area (Å²) in [6.07, 6.45) is 8.33. The van der Waals surface area contributed by atoms with E-state index in [1.807, 2.05) is 37.5 Å². The molecule has 2 aliphatic rings. The maximum absolute atomic E-state index is 12.5. The molecule has 6 nitrogen and oxygen atoms in total. The third-order valence-corrected chi connectivity index (χ3v) is 4.87. The van der Waals surface area contributed by atoms with E-state index in [0.29, 0.717) is 12.5 Å². The molecule has 2 fully saturated rings. The number of rotatable bonds is 4. The van der Waals surface area contributed by atoms with Gasteiger partial charge in [-0.15, -0.1) is 0 Å². The van der Waals surface area contributed by atoms with E-state index in [1.165, 1.54) is 0 Å². The second-order valence-corrected chi connectivity index (χ2v) is 7.04. The molecule has 0 aliphatic carbocycles. The summed E-state index contributed by atoms with van der Waals surface area (Å²) in [5.74, 6) is 0.944. The van der Waals surface area contributed by atoms with E-state index in [9.17, 15) is 4.79 Å². The van der Waals surface area contributed by atoms with Gasteiger partial charge in [0, 0.05) is 32.0 Å². The standard InChI is InChI=1S/C17H28N4O2/c1-14-9-21(10-15(2)23-14)17(22)12-19-6-3-16(4-7-19)11-20-8-5-18-13-20/h5,8,13-16H,3-4,6-7,9-12H2,1-2H3. The molecular weight excluding hydrogens is 292 g/mol. The van der Waals surface area contributed by atoms with Gasteiger partial charge < -0.3 is 14.2 Å². The van der Waals surface area contributed by atoms with Crippen LogP contribution in [0.2, 0.25) is 0 Å². The average molecular weight is 320 g/mol. The van der Waals surface area contributed by atoms with E-state index in [0.717, 1.165) is 45.6 Å². The van der Waals surface area contributed by atoms with Crippen molar-refractivity contribution in [3.05, 3.63) is 18.7 Å². The number of likely N-dealkylation sites (tertiary alicyclic amines) is 1. The van der Waals surface area contributed by atoms with Crippen LogP contribution in [0.4, 0.5) is 0 Å². The smallest absolute Gasteiger partial charge is 0.236 e. The molecule has 0 bridgehead atoms. The number of hydrogen-bond acceptors (Lipinski definition) is 4. The molecule has 1 aromatic rings. The van der Waals surface area contributed by atoms with Crippen LogP contribution in [0.15, 0.2) is 18.7 Å². The summed E-state index contributed by atoms with van der Waals surface area (Å²) in [5, 5.41) is 0. The van der Waals surface area contributed by atoms with Crippen LogP contribution in [0, 0.1) is 5.92 Å². The van der Waals surface area contributed by atoms with Crippen LogP contribution < -0.4 is 0 Å². The van der Waals surface area contributed by atoms with Gasteiger partial charge in [-0.25, -0.2) is 4.98 Å². The lowest BCUT2D eigenvalue weighted by molar-refractivity contribution is -0.144. The van der Waals surface area contributed by atoms with Gasteiger partial charge in [0.1, 0.15) is 0 Å². The number of carbonyl (C=O) groups is 1. The van der Waals surface area contributed by atoms with Crippen molar-refractivity contribution >= 4 is 5.91 Å². The van der Waals surface area contributed by atoms with E-state index < -0.39 is 0 Å². The number of amides is 1. The van der Waals surface area contributed by atoms with Crippen molar-refractivity contribution < 1.29 is 9.53 Å². The van der Waals surface area contributed by atoms with Gasteiger partial charge in [-0.3, -0.25) is 9.69 Å². The van der Waals surface area contributed by atoms with Crippen LogP contribution in [-0.4, -0.2) is 70.2 Å². The first-order valence-corrected chi connectivity index (χ1v) is 8.71. The zero-order valence-electron chi connectivity index (χ0n) is 14.2. The van der Waals surface area contributed by atoms with E-state index in [1.54, 1.807) is 0 Å². The number of carbonyl (C=O) groups excluding carboxylic acids is 1. The first-order chi connectivity index (χ1) is 11.1. The summed E-state index contributed by atoms with van der Waals surface area (Å²) >= 11 is 0. The molecule has 2 saturated heterocycles. The van der Waals surface area contributed by atoms with Gasteiger partial charge >= 0.3 is 0 Å². The number of hydrogen-bond donors (Lipinski definition) is 0. The number of nitrogens with zero attached hydrogens (tertiary/aromatic N) is 4. The summed E-state index contributed by atoms with van der Waals surface area (Å²) in [4.78, 5) is 20.9. The second kappa shape index (κ2) is 7.45. The summed E-state index contributed by atoms with van der Waals surface area (Å²) in [7, 11) is 0. The summed E-state index contributed by atoms with van der Waals surface area (Å²) in [5.41, 5.74) is 0. The molecule has 6 heteroatoms. The highest BCUT2D eigenvalue weighted by Crippen LogP contribution is 2.19. The third kappa shape index (κ3) is 4.54. The van der Waals surface area contributed by atoms with Crippen molar-refractivity contribution in [1.82, 2.24) is 19.4 Å². The van der Waals surface area contributed by atoms with Crippen LogP contribution in [0.25, 0.3) is 0 Å². The minimum absolute atomic E-state index is 0.142. The topological polar surface area (TPSA) is 50.6 Å². The van der Waals surface area contributed by atoms with Crippen LogP contribution in [0.1, 0.15) is 26.7 Å². The second-order valence-electron chi connectivity index (χ2n) is 7.04. The Bertz CT molecular complexity index is 487. The first kappa shape index (κ1) is 16.5. The lowest BCUT2D eigenvalue weighted by Crippen LogP contribution is -2.51. The maximum atomic E-state index is 12.5. The van der Waals surface area contributed by atoms with Gasteiger partial charge in [0.05, 0.1) is 25.1 Å². The molecule has 2 unspecified atom stereocenters. The van der Waals surface area contributed by atoms with Crippen molar-refractivity contribution in [2.45, 2.75) is 45.4 Å². The zero-order valence-corrected chi connectivity index (χ0v) is 14.2. The Kier molecular flexibility index (Phi) is 5.33. The Morgan fingerprint density at radius 3 is 2.52 bits per heavy atom. The fourth-order valence-electron chi connectivity index (χ4n) is 3.69. The number of ether oxygens (including phenoxy) is 1. The van der Waals surface area contributed by atoms with E-state index >= 15 is 0 Å². The molecule has 1 amide bonds. The average Bonchev–Trinajstić information content (AvgIpc) is 3.01. The predicted molar refractivity (Wildman–Crippen MR) is 88.0 cm³/mol. The quantitative estimate of drug-likeness (QED) is 0.837. The van der Waals surface area contributed by atoms with E-state index in [4.69, 9.17) is 4.74 Å². The molecule has 2 atom stereocenters. The molecule has 0 radical (unpaired) electrons. The monoisotopic (exact) mass is 320 g/mol. The normalized spacial score (nSPS) is 27.3. The van der Waals surface area contributed by atoms with Crippen LogP contribution in [0.3, 0.4) is 0 Å². The Balaban J connectivity index is 1.42. The van der Waals surface area contributed by atoms with Crippen molar-refractivity contribution in [1.29, 1.82) is 0 Å². The number of aromatic nitrogens is 2. The number of morpholine rings is 1. The Hall–Kier alpha value is -1.40. The zero-order chi connectivity index (χ0) is 16.2.